The lowest BCUT2D eigenvalue weighted by Crippen LogP contribution is -2.07. The molecule has 180 valence electrons. The van der Waals surface area contributed by atoms with E-state index in [0.29, 0.717) is 0 Å². The van der Waals surface area contributed by atoms with Gasteiger partial charge in [0.15, 0.2) is 11.4 Å². The van der Waals surface area contributed by atoms with E-state index in [4.69, 9.17) is 9.47 Å². The van der Waals surface area contributed by atoms with Crippen molar-refractivity contribution >= 4 is 5.69 Å². The lowest BCUT2D eigenvalue weighted by atomic mass is 10.1. The van der Waals surface area contributed by atoms with Crippen molar-refractivity contribution in [3.8, 4) is 34.3 Å². The van der Waals surface area contributed by atoms with Gasteiger partial charge in [0.2, 0.25) is 0 Å². The van der Waals surface area contributed by atoms with Crippen LogP contribution in [0.5, 0.6) is 23.0 Å². The van der Waals surface area contributed by atoms with E-state index in [1.165, 1.54) is 30.3 Å². The van der Waals surface area contributed by atoms with Crippen LogP contribution < -0.4 is 9.47 Å². The van der Waals surface area contributed by atoms with Gasteiger partial charge in [0, 0.05) is 11.6 Å². The number of hydrogen-bond acceptors (Lipinski definition) is 6. The van der Waals surface area contributed by atoms with E-state index >= 15 is 0 Å². The Morgan fingerprint density at radius 1 is 0.971 bits per heavy atom. The number of aromatic amines is 1. The molecule has 0 unspecified atom stereocenters. The van der Waals surface area contributed by atoms with Crippen molar-refractivity contribution in [3.05, 3.63) is 88.5 Å². The summed E-state index contributed by atoms with van der Waals surface area (Å²) in [5, 5.41) is 18.1. The number of halogens is 3. The number of nitrogens with zero attached hydrogens (tertiary/aromatic N) is 2. The third-order valence-electron chi connectivity index (χ3n) is 5.22. The second-order valence-electron chi connectivity index (χ2n) is 7.60. The summed E-state index contributed by atoms with van der Waals surface area (Å²) in [6, 6.07) is 17.2. The van der Waals surface area contributed by atoms with Gasteiger partial charge in [-0.1, -0.05) is 31.2 Å². The number of alkyl halides is 3. The zero-order valence-corrected chi connectivity index (χ0v) is 18.5. The maximum atomic E-state index is 13.7. The van der Waals surface area contributed by atoms with E-state index in [9.17, 15) is 23.2 Å². The third kappa shape index (κ3) is 5.43. The Bertz CT molecular complexity index is 1320. The van der Waals surface area contributed by atoms with Gasteiger partial charge < -0.3 is 14.6 Å². The number of hydrogen-bond donors (Lipinski definition) is 2. The number of benzene rings is 3. The van der Waals surface area contributed by atoms with Crippen LogP contribution >= 0.6 is 0 Å². The SMILES string of the molecule is CCc1ccc(Oc2c(-c3ccc(OCc4ccc(O)cc4)cc3N=O)n[nH]c2C(F)(F)F)cc1. The number of nitroso groups, excluding NO2 is 1. The molecule has 10 heteroatoms. The minimum absolute atomic E-state index is 0.0453. The van der Waals surface area contributed by atoms with Crippen molar-refractivity contribution in [3.63, 3.8) is 0 Å². The van der Waals surface area contributed by atoms with Crippen LogP contribution in [0, 0.1) is 4.91 Å². The Kier molecular flexibility index (Phi) is 6.72. The number of rotatable bonds is 8. The quantitative estimate of drug-likeness (QED) is 0.260. The van der Waals surface area contributed by atoms with Gasteiger partial charge in [-0.2, -0.15) is 18.3 Å². The highest BCUT2D eigenvalue weighted by Crippen LogP contribution is 2.45. The number of phenols is 1. The second kappa shape index (κ2) is 9.88. The number of ether oxygens (including phenoxy) is 2. The van der Waals surface area contributed by atoms with Crippen LogP contribution in [0.1, 0.15) is 23.7 Å². The number of aromatic hydroxyl groups is 1. The molecule has 0 aliphatic carbocycles. The number of nitrogens with one attached hydrogen (secondary N) is 1. The molecule has 0 saturated heterocycles. The van der Waals surface area contributed by atoms with Crippen molar-refractivity contribution in [2.45, 2.75) is 26.1 Å². The molecule has 4 rings (SSSR count). The molecule has 0 saturated carbocycles. The molecule has 7 nitrogen and oxygen atoms in total. The smallest absolute Gasteiger partial charge is 0.436 e. The van der Waals surface area contributed by atoms with Gasteiger partial charge in [-0.3, -0.25) is 5.10 Å². The summed E-state index contributed by atoms with van der Waals surface area (Å²) in [4.78, 5) is 11.6. The van der Waals surface area contributed by atoms with Gasteiger partial charge in [0.05, 0.1) is 0 Å². The summed E-state index contributed by atoms with van der Waals surface area (Å²) in [5.41, 5.74) is 0.243. The number of aromatic nitrogens is 2. The zero-order valence-electron chi connectivity index (χ0n) is 18.5. The molecule has 4 aromatic rings. The van der Waals surface area contributed by atoms with Crippen LogP contribution in [-0.2, 0) is 19.2 Å². The second-order valence-corrected chi connectivity index (χ2v) is 7.60. The van der Waals surface area contributed by atoms with Crippen LogP contribution in [0.2, 0.25) is 0 Å². The number of phenolic OH excluding ortho intramolecular Hbond substituents is 1. The fraction of sp³-hybridized carbons (Fsp3) is 0.160. The van der Waals surface area contributed by atoms with E-state index in [2.05, 4.69) is 10.3 Å². The van der Waals surface area contributed by atoms with Gasteiger partial charge in [-0.15, -0.1) is 4.91 Å². The van der Waals surface area contributed by atoms with E-state index in [-0.39, 0.29) is 40.8 Å². The summed E-state index contributed by atoms with van der Waals surface area (Å²) >= 11 is 0. The average Bonchev–Trinajstić information content (AvgIpc) is 3.28. The molecule has 0 aliphatic rings. The molecule has 3 aromatic carbocycles. The van der Waals surface area contributed by atoms with Crippen molar-refractivity contribution in [1.29, 1.82) is 0 Å². The maximum Gasteiger partial charge on any atom is 0.436 e. The lowest BCUT2D eigenvalue weighted by molar-refractivity contribution is -0.142. The molecule has 0 amide bonds. The summed E-state index contributed by atoms with van der Waals surface area (Å²) in [7, 11) is 0. The lowest BCUT2D eigenvalue weighted by Gasteiger charge is -2.12. The van der Waals surface area contributed by atoms with Crippen molar-refractivity contribution in [1.82, 2.24) is 10.2 Å². The Labute approximate surface area is 198 Å². The van der Waals surface area contributed by atoms with Crippen molar-refractivity contribution in [2.75, 3.05) is 0 Å². The minimum atomic E-state index is -4.77. The zero-order chi connectivity index (χ0) is 25.0. The third-order valence-corrected chi connectivity index (χ3v) is 5.22. The largest absolute Gasteiger partial charge is 0.508 e. The first-order valence-corrected chi connectivity index (χ1v) is 10.6. The molecule has 1 aromatic heterocycles. The van der Waals surface area contributed by atoms with Crippen LogP contribution in [0.25, 0.3) is 11.3 Å². The van der Waals surface area contributed by atoms with Crippen molar-refractivity contribution < 1.29 is 27.8 Å². The van der Waals surface area contributed by atoms with Gasteiger partial charge in [-0.25, -0.2) is 0 Å². The molecular weight excluding hydrogens is 463 g/mol. The molecule has 0 radical (unpaired) electrons. The van der Waals surface area contributed by atoms with E-state index in [1.807, 2.05) is 12.0 Å². The maximum absolute atomic E-state index is 13.7. The molecule has 0 spiro atoms. The normalized spacial score (nSPS) is 11.3. The molecule has 0 aliphatic heterocycles. The van der Waals surface area contributed by atoms with Crippen LogP contribution in [0.3, 0.4) is 0 Å². The summed E-state index contributed by atoms with van der Waals surface area (Å²) in [6.45, 7) is 2.10. The summed E-state index contributed by atoms with van der Waals surface area (Å²) in [5.74, 6) is 0.0111. The first kappa shape index (κ1) is 23.8. The Balaban J connectivity index is 1.66. The van der Waals surface area contributed by atoms with Gasteiger partial charge >= 0.3 is 6.18 Å². The summed E-state index contributed by atoms with van der Waals surface area (Å²) in [6.07, 6.45) is -4.01. The molecule has 35 heavy (non-hydrogen) atoms. The Hall–Kier alpha value is -4.34. The first-order chi connectivity index (χ1) is 16.8. The molecular formula is C25H20F3N3O4. The highest BCUT2D eigenvalue weighted by atomic mass is 19.4. The van der Waals surface area contributed by atoms with Gasteiger partial charge in [-0.05, 0) is 59.1 Å². The monoisotopic (exact) mass is 483 g/mol. The number of aryl methyl sites for hydroxylation is 1. The van der Waals surface area contributed by atoms with E-state index in [0.717, 1.165) is 17.5 Å². The van der Waals surface area contributed by atoms with Crippen LogP contribution in [0.15, 0.2) is 71.9 Å². The Morgan fingerprint density at radius 2 is 1.63 bits per heavy atom. The fourth-order valence-corrected chi connectivity index (χ4v) is 3.35. The van der Waals surface area contributed by atoms with Gasteiger partial charge in [0.25, 0.3) is 0 Å². The highest BCUT2D eigenvalue weighted by Gasteiger charge is 2.39. The highest BCUT2D eigenvalue weighted by molar-refractivity contribution is 5.79. The molecule has 0 bridgehead atoms. The molecule has 2 N–H and O–H groups in total. The first-order valence-electron chi connectivity index (χ1n) is 10.6. The average molecular weight is 483 g/mol. The standard InChI is InChI=1S/C25H20F3N3O4/c1-2-15-5-9-18(10-6-15)35-23-22(29-30-24(23)25(26,27)28)20-12-11-19(13-21(20)31-33)34-14-16-3-7-17(32)8-4-16/h3-13,32H,2,14H2,1H3,(H,29,30). The van der Waals surface area contributed by atoms with Crippen LogP contribution in [-0.4, -0.2) is 15.3 Å². The fourth-order valence-electron chi connectivity index (χ4n) is 3.35. The van der Waals surface area contributed by atoms with E-state index < -0.39 is 17.6 Å². The molecule has 0 atom stereocenters. The summed E-state index contributed by atoms with van der Waals surface area (Å²) < 4.78 is 52.2. The predicted molar refractivity (Wildman–Crippen MR) is 123 cm³/mol. The number of H-pyrrole nitrogens is 1. The predicted octanol–water partition coefficient (Wildman–Crippen LogP) is 7.13. The minimum Gasteiger partial charge on any atom is -0.508 e. The Morgan fingerprint density at radius 3 is 2.26 bits per heavy atom. The molecule has 1 heterocycles. The topological polar surface area (TPSA) is 96.8 Å². The van der Waals surface area contributed by atoms with Gasteiger partial charge in [0.1, 0.15) is 35.2 Å². The van der Waals surface area contributed by atoms with Crippen molar-refractivity contribution in [2.24, 2.45) is 5.18 Å². The van der Waals surface area contributed by atoms with E-state index in [1.54, 1.807) is 36.4 Å². The van der Waals surface area contributed by atoms with Crippen LogP contribution in [0.4, 0.5) is 18.9 Å². The molecule has 0 fully saturated rings.